The molecule has 0 N–H and O–H groups in total. The molecular formula is C7H20CaOSi2. The molecule has 0 saturated carbocycles. The van der Waals surface area contributed by atoms with E-state index in [0.717, 1.165) is 6.61 Å². The SMILES string of the molecule is C[Si]1(C)CCCO[Si]1(C)C.[CaH2]. The van der Waals surface area contributed by atoms with E-state index in [-0.39, 0.29) is 37.7 Å². The Labute approximate surface area is 102 Å². The van der Waals surface area contributed by atoms with Crippen molar-refractivity contribution >= 4 is 53.2 Å². The molecule has 11 heavy (non-hydrogen) atoms. The molecule has 0 aliphatic carbocycles. The molecule has 1 aliphatic heterocycles. The van der Waals surface area contributed by atoms with Gasteiger partial charge in [-0.15, -0.1) is 0 Å². The Morgan fingerprint density at radius 3 is 1.91 bits per heavy atom. The van der Waals surface area contributed by atoms with Crippen LogP contribution in [0.5, 0.6) is 0 Å². The van der Waals surface area contributed by atoms with Crippen LogP contribution in [0.15, 0.2) is 0 Å². The second kappa shape index (κ2) is 4.24. The Kier molecular flexibility index (Phi) is 4.88. The fourth-order valence-electron chi connectivity index (χ4n) is 1.34. The maximum absolute atomic E-state index is 5.88. The van der Waals surface area contributed by atoms with E-state index in [1.165, 1.54) is 12.5 Å². The molecular weight excluding hydrogens is 196 g/mol. The first-order valence-corrected chi connectivity index (χ1v) is 11.2. The fraction of sp³-hybridized carbons (Fsp3) is 1.00. The molecule has 1 rings (SSSR count). The van der Waals surface area contributed by atoms with Crippen molar-refractivity contribution < 1.29 is 4.43 Å². The molecule has 1 saturated heterocycles. The first kappa shape index (κ1) is 12.7. The third kappa shape index (κ3) is 2.81. The zero-order valence-corrected chi connectivity index (χ0v) is 9.53. The quantitative estimate of drug-likeness (QED) is 0.558. The summed E-state index contributed by atoms with van der Waals surface area (Å²) in [7, 11) is -2.08. The van der Waals surface area contributed by atoms with Gasteiger partial charge in [-0.25, -0.2) is 0 Å². The van der Waals surface area contributed by atoms with Crippen LogP contribution in [0.2, 0.25) is 32.2 Å². The van der Waals surface area contributed by atoms with Crippen LogP contribution in [0, 0.1) is 0 Å². The molecule has 4 heteroatoms. The van der Waals surface area contributed by atoms with E-state index in [1.54, 1.807) is 0 Å². The average molecular weight is 216 g/mol. The van der Waals surface area contributed by atoms with Crippen LogP contribution in [0.1, 0.15) is 6.42 Å². The summed E-state index contributed by atoms with van der Waals surface area (Å²) >= 11 is 0. The third-order valence-electron chi connectivity index (χ3n) is 3.04. The van der Waals surface area contributed by atoms with Gasteiger partial charge in [0.1, 0.15) is 0 Å². The van der Waals surface area contributed by atoms with Crippen LogP contribution in [0.4, 0.5) is 0 Å². The van der Waals surface area contributed by atoms with Crippen molar-refractivity contribution in [2.24, 2.45) is 0 Å². The topological polar surface area (TPSA) is 9.23 Å². The number of hydrogen-bond acceptors (Lipinski definition) is 1. The number of rotatable bonds is 0. The monoisotopic (exact) mass is 216 g/mol. The van der Waals surface area contributed by atoms with Gasteiger partial charge in [0.15, 0.2) is 7.83 Å². The summed E-state index contributed by atoms with van der Waals surface area (Å²) in [6.45, 7) is 10.8. The summed E-state index contributed by atoms with van der Waals surface area (Å²) in [6.07, 6.45) is 1.32. The van der Waals surface area contributed by atoms with Crippen molar-refractivity contribution in [3.05, 3.63) is 0 Å². The van der Waals surface area contributed by atoms with Gasteiger partial charge in [0.25, 0.3) is 0 Å². The summed E-state index contributed by atoms with van der Waals surface area (Å²) in [5, 5.41) is 0. The van der Waals surface area contributed by atoms with Gasteiger partial charge in [0, 0.05) is 6.61 Å². The predicted molar refractivity (Wildman–Crippen MR) is 58.9 cm³/mol. The first-order valence-electron chi connectivity index (χ1n) is 4.10. The molecule has 1 aliphatic rings. The van der Waals surface area contributed by atoms with Gasteiger partial charge in [-0.1, -0.05) is 19.1 Å². The van der Waals surface area contributed by atoms with Gasteiger partial charge in [-0.2, -0.15) is 0 Å². The molecule has 0 atom stereocenters. The summed E-state index contributed by atoms with van der Waals surface area (Å²) in [5.41, 5.74) is 0. The van der Waals surface area contributed by atoms with Crippen LogP contribution < -0.4 is 0 Å². The maximum atomic E-state index is 5.88. The van der Waals surface area contributed by atoms with Gasteiger partial charge in [-0.05, 0) is 19.5 Å². The van der Waals surface area contributed by atoms with E-state index < -0.39 is 15.4 Å². The minimum absolute atomic E-state index is 0. The van der Waals surface area contributed by atoms with Crippen LogP contribution in [-0.4, -0.2) is 59.8 Å². The van der Waals surface area contributed by atoms with Crippen LogP contribution in [0.25, 0.3) is 0 Å². The van der Waals surface area contributed by atoms with E-state index in [2.05, 4.69) is 26.2 Å². The van der Waals surface area contributed by atoms with E-state index in [4.69, 9.17) is 4.43 Å². The average Bonchev–Trinajstić information content (AvgIpc) is 1.77. The van der Waals surface area contributed by atoms with Crippen molar-refractivity contribution in [2.45, 2.75) is 38.7 Å². The van der Waals surface area contributed by atoms with Crippen molar-refractivity contribution in [1.82, 2.24) is 0 Å². The molecule has 0 bridgehead atoms. The first-order chi connectivity index (χ1) is 4.46. The Balaban J connectivity index is 0.000001000. The van der Waals surface area contributed by atoms with Crippen LogP contribution >= 0.6 is 0 Å². The normalized spacial score (nSPS) is 27.3. The van der Waals surface area contributed by atoms with Crippen molar-refractivity contribution in [2.75, 3.05) is 6.61 Å². The Morgan fingerprint density at radius 1 is 1.09 bits per heavy atom. The van der Waals surface area contributed by atoms with Gasteiger partial charge >= 0.3 is 37.7 Å². The Morgan fingerprint density at radius 2 is 1.64 bits per heavy atom. The molecule has 64 valence electrons. The van der Waals surface area contributed by atoms with E-state index in [0.29, 0.717) is 0 Å². The molecule has 0 aromatic heterocycles. The Hall–Kier alpha value is 1.65. The summed E-state index contributed by atoms with van der Waals surface area (Å²) in [5.74, 6) is 0. The Bertz CT molecular complexity index is 120. The molecule has 0 unspecified atom stereocenters. The fourth-order valence-corrected chi connectivity index (χ4v) is 7.83. The summed E-state index contributed by atoms with van der Waals surface area (Å²) < 4.78 is 5.88. The van der Waals surface area contributed by atoms with Crippen molar-refractivity contribution in [3.63, 3.8) is 0 Å². The molecule has 1 heterocycles. The zero-order chi connectivity index (χ0) is 7.83. The van der Waals surface area contributed by atoms with Gasteiger partial charge in [0.2, 0.25) is 0 Å². The molecule has 0 radical (unpaired) electrons. The van der Waals surface area contributed by atoms with E-state index >= 15 is 0 Å². The molecule has 0 aromatic carbocycles. The second-order valence-electron chi connectivity index (χ2n) is 4.35. The summed E-state index contributed by atoms with van der Waals surface area (Å²) in [4.78, 5) is 0. The number of hydrogen-bond donors (Lipinski definition) is 0. The molecule has 0 amide bonds. The summed E-state index contributed by atoms with van der Waals surface area (Å²) in [6, 6.07) is 1.49. The van der Waals surface area contributed by atoms with Gasteiger partial charge < -0.3 is 4.43 Å². The minimum atomic E-state index is -1.18. The van der Waals surface area contributed by atoms with Gasteiger partial charge in [-0.3, -0.25) is 0 Å². The van der Waals surface area contributed by atoms with Crippen LogP contribution in [-0.2, 0) is 4.43 Å². The van der Waals surface area contributed by atoms with Crippen LogP contribution in [0.3, 0.4) is 0 Å². The van der Waals surface area contributed by atoms with Gasteiger partial charge in [0.05, 0.1) is 7.59 Å². The molecule has 0 spiro atoms. The zero-order valence-electron chi connectivity index (χ0n) is 7.53. The molecule has 1 fully saturated rings. The van der Waals surface area contributed by atoms with E-state index in [1.807, 2.05) is 0 Å². The second-order valence-corrected chi connectivity index (χ2v) is 19.6. The van der Waals surface area contributed by atoms with Crippen molar-refractivity contribution in [3.8, 4) is 0 Å². The molecule has 0 aromatic rings. The standard InChI is InChI=1S/C7H18OSi2.Ca.2H/c1-9(2)7-5-6-8-10(9,3)4;;;/h5-7H2,1-4H3;;;. The van der Waals surface area contributed by atoms with Crippen molar-refractivity contribution in [1.29, 1.82) is 0 Å². The predicted octanol–water partition coefficient (Wildman–Crippen LogP) is 1.48. The van der Waals surface area contributed by atoms with E-state index in [9.17, 15) is 0 Å². The third-order valence-corrected chi connectivity index (χ3v) is 19.8. The molecule has 1 nitrogen and oxygen atoms in total.